The van der Waals surface area contributed by atoms with Crippen molar-refractivity contribution >= 4 is 24.0 Å². The Morgan fingerprint density at radius 2 is 2.44 bits per heavy atom. The summed E-state index contributed by atoms with van der Waals surface area (Å²) in [4.78, 5) is 1.42. The van der Waals surface area contributed by atoms with Crippen LogP contribution >= 0.6 is 24.0 Å². The smallest absolute Gasteiger partial charge is 0.0251 e. The molecule has 2 heteroatoms. The van der Waals surface area contributed by atoms with Crippen molar-refractivity contribution in [2.24, 2.45) is 0 Å². The summed E-state index contributed by atoms with van der Waals surface area (Å²) in [6.07, 6.45) is 1.14. The molecule has 0 bridgehead atoms. The third-order valence-electron chi connectivity index (χ3n) is 1.36. The molecule has 0 saturated carbocycles. The first kappa shape index (κ1) is 7.16. The van der Waals surface area contributed by atoms with E-state index in [9.17, 15) is 0 Å². The van der Waals surface area contributed by atoms with Crippen molar-refractivity contribution < 1.29 is 0 Å². The lowest BCUT2D eigenvalue weighted by Gasteiger charge is -1.92. The molecular weight excluding hydrogens is 148 g/mol. The van der Waals surface area contributed by atoms with Crippen molar-refractivity contribution in [3.8, 4) is 0 Å². The average Bonchev–Trinajstić information content (AvgIpc) is 2.33. The van der Waals surface area contributed by atoms with Gasteiger partial charge in [-0.3, -0.25) is 0 Å². The van der Waals surface area contributed by atoms with E-state index < -0.39 is 0 Å². The maximum Gasteiger partial charge on any atom is 0.0251 e. The molecule has 0 aliphatic carbocycles. The predicted octanol–water partition coefficient (Wildman–Crippen LogP) is 2.74. The van der Waals surface area contributed by atoms with Gasteiger partial charge in [0.05, 0.1) is 0 Å². The molecule has 1 aromatic heterocycles. The Labute approximate surface area is 65.3 Å². The van der Waals surface area contributed by atoms with Gasteiger partial charge in [0.2, 0.25) is 0 Å². The second-order valence-corrected chi connectivity index (χ2v) is 3.20. The molecular formula is C7H10S2. The molecule has 0 nitrogen and oxygen atoms in total. The van der Waals surface area contributed by atoms with Crippen LogP contribution in [0.25, 0.3) is 0 Å². The van der Waals surface area contributed by atoms with Crippen LogP contribution in [0.3, 0.4) is 0 Å². The molecule has 9 heavy (non-hydrogen) atoms. The van der Waals surface area contributed by atoms with Gasteiger partial charge in [-0.15, -0.1) is 11.3 Å². The lowest BCUT2D eigenvalue weighted by molar-refractivity contribution is 1.13. The predicted molar refractivity (Wildman–Crippen MR) is 46.4 cm³/mol. The van der Waals surface area contributed by atoms with Crippen LogP contribution in [0.1, 0.15) is 17.4 Å². The number of hydrogen-bond acceptors (Lipinski definition) is 2. The lowest BCUT2D eigenvalue weighted by Crippen LogP contribution is -1.78. The highest BCUT2D eigenvalue weighted by Gasteiger charge is 1.97. The first-order chi connectivity index (χ1) is 4.38. The molecule has 0 atom stereocenters. The third-order valence-corrected chi connectivity index (χ3v) is 2.86. The second kappa shape index (κ2) is 3.28. The molecule has 50 valence electrons. The largest absolute Gasteiger partial charge is 0.174 e. The molecule has 1 heterocycles. The van der Waals surface area contributed by atoms with Crippen LogP contribution in [0.5, 0.6) is 0 Å². The van der Waals surface area contributed by atoms with Gasteiger partial charge in [0, 0.05) is 10.6 Å². The molecule has 0 saturated heterocycles. The Kier molecular flexibility index (Phi) is 2.61. The summed E-state index contributed by atoms with van der Waals surface area (Å²) in [6, 6.07) is 2.18. The zero-order chi connectivity index (χ0) is 6.69. The highest BCUT2D eigenvalue weighted by Crippen LogP contribution is 2.18. The Balaban J connectivity index is 2.85. The minimum Gasteiger partial charge on any atom is -0.174 e. The van der Waals surface area contributed by atoms with Gasteiger partial charge >= 0.3 is 0 Å². The van der Waals surface area contributed by atoms with Gasteiger partial charge in [-0.25, -0.2) is 0 Å². The van der Waals surface area contributed by atoms with E-state index in [2.05, 4.69) is 31.0 Å². The number of rotatable bonds is 2. The molecule has 0 aliphatic heterocycles. The van der Waals surface area contributed by atoms with Gasteiger partial charge < -0.3 is 0 Å². The van der Waals surface area contributed by atoms with Crippen LogP contribution in [-0.2, 0) is 12.2 Å². The summed E-state index contributed by atoms with van der Waals surface area (Å²) in [5, 5.41) is 2.13. The van der Waals surface area contributed by atoms with Crippen LogP contribution in [0.4, 0.5) is 0 Å². The van der Waals surface area contributed by atoms with E-state index in [0.717, 1.165) is 12.2 Å². The van der Waals surface area contributed by atoms with E-state index >= 15 is 0 Å². The van der Waals surface area contributed by atoms with Gasteiger partial charge in [-0.2, -0.15) is 12.6 Å². The summed E-state index contributed by atoms with van der Waals surface area (Å²) in [6.45, 7) is 2.18. The second-order valence-electron chi connectivity index (χ2n) is 1.88. The van der Waals surface area contributed by atoms with Crippen LogP contribution in [-0.4, -0.2) is 0 Å². The number of hydrogen-bond donors (Lipinski definition) is 1. The molecule has 0 aliphatic rings. The maximum absolute atomic E-state index is 4.21. The van der Waals surface area contributed by atoms with Gasteiger partial charge in [-0.05, 0) is 23.4 Å². The Morgan fingerprint density at radius 1 is 1.67 bits per heavy atom. The fourth-order valence-corrected chi connectivity index (χ4v) is 2.08. The van der Waals surface area contributed by atoms with Crippen LogP contribution in [0.2, 0.25) is 0 Å². The molecule has 0 amide bonds. The molecule has 0 fully saturated rings. The van der Waals surface area contributed by atoms with E-state index in [1.165, 1.54) is 10.4 Å². The van der Waals surface area contributed by atoms with E-state index in [0.29, 0.717) is 0 Å². The quantitative estimate of drug-likeness (QED) is 0.629. The summed E-state index contributed by atoms with van der Waals surface area (Å²) in [5.41, 5.74) is 1.45. The topological polar surface area (TPSA) is 0 Å². The lowest BCUT2D eigenvalue weighted by atomic mass is 10.2. The molecule has 0 unspecified atom stereocenters. The summed E-state index contributed by atoms with van der Waals surface area (Å²) in [5.74, 6) is 0.890. The van der Waals surface area contributed by atoms with Crippen molar-refractivity contribution in [2.75, 3.05) is 0 Å². The molecule has 0 radical (unpaired) electrons. The zero-order valence-electron chi connectivity index (χ0n) is 5.42. The highest BCUT2D eigenvalue weighted by atomic mass is 32.1. The minimum absolute atomic E-state index is 0.890. The van der Waals surface area contributed by atoms with Crippen LogP contribution < -0.4 is 0 Å². The van der Waals surface area contributed by atoms with Crippen molar-refractivity contribution in [1.29, 1.82) is 0 Å². The monoisotopic (exact) mass is 158 g/mol. The van der Waals surface area contributed by atoms with Crippen LogP contribution in [0, 0.1) is 0 Å². The minimum atomic E-state index is 0.890. The van der Waals surface area contributed by atoms with Crippen molar-refractivity contribution in [1.82, 2.24) is 0 Å². The van der Waals surface area contributed by atoms with Gasteiger partial charge in [0.15, 0.2) is 0 Å². The van der Waals surface area contributed by atoms with Crippen LogP contribution in [0.15, 0.2) is 11.4 Å². The Bertz CT molecular complexity index is 160. The molecule has 0 spiro atoms. The van der Waals surface area contributed by atoms with Crippen molar-refractivity contribution in [3.05, 3.63) is 21.9 Å². The molecule has 0 aromatic carbocycles. The first-order valence-electron chi connectivity index (χ1n) is 3.04. The maximum atomic E-state index is 4.21. The van der Waals surface area contributed by atoms with E-state index in [1.807, 2.05) is 0 Å². The zero-order valence-corrected chi connectivity index (χ0v) is 7.14. The highest BCUT2D eigenvalue weighted by molar-refractivity contribution is 7.79. The summed E-state index contributed by atoms with van der Waals surface area (Å²) < 4.78 is 0. The standard InChI is InChI=1S/C7H10S2/c1-2-6-3-4-9-7(6)5-8/h3-4,8H,2,5H2,1H3. The van der Waals surface area contributed by atoms with Gasteiger partial charge in [0.1, 0.15) is 0 Å². The Morgan fingerprint density at radius 3 is 2.89 bits per heavy atom. The number of thiol groups is 1. The summed E-state index contributed by atoms with van der Waals surface area (Å²) in [7, 11) is 0. The van der Waals surface area contributed by atoms with E-state index in [1.54, 1.807) is 11.3 Å². The SMILES string of the molecule is CCc1ccsc1CS. The van der Waals surface area contributed by atoms with Crippen molar-refractivity contribution in [3.63, 3.8) is 0 Å². The summed E-state index contributed by atoms with van der Waals surface area (Å²) >= 11 is 6.01. The van der Waals surface area contributed by atoms with Gasteiger partial charge in [-0.1, -0.05) is 6.92 Å². The number of thiophene rings is 1. The third kappa shape index (κ3) is 1.49. The fourth-order valence-electron chi connectivity index (χ4n) is 0.821. The molecule has 0 N–H and O–H groups in total. The van der Waals surface area contributed by atoms with E-state index in [4.69, 9.17) is 0 Å². The van der Waals surface area contributed by atoms with Crippen molar-refractivity contribution in [2.45, 2.75) is 19.1 Å². The van der Waals surface area contributed by atoms with E-state index in [-0.39, 0.29) is 0 Å². The average molecular weight is 158 g/mol. The molecule has 1 rings (SSSR count). The fraction of sp³-hybridized carbons (Fsp3) is 0.429. The normalized spacial score (nSPS) is 10.0. The van der Waals surface area contributed by atoms with Gasteiger partial charge in [0.25, 0.3) is 0 Å². The molecule has 1 aromatic rings. The first-order valence-corrected chi connectivity index (χ1v) is 4.55. The number of aryl methyl sites for hydroxylation is 1. The Hall–Kier alpha value is 0.0500.